The van der Waals surface area contributed by atoms with Crippen molar-refractivity contribution < 1.29 is 14.6 Å². The zero-order chi connectivity index (χ0) is 15.0. The molecule has 3 aliphatic rings. The molecule has 0 aliphatic carbocycles. The highest BCUT2D eigenvalue weighted by Gasteiger charge is 2.41. The zero-order valence-electron chi connectivity index (χ0n) is 12.5. The number of hydrogen-bond acceptors (Lipinski definition) is 4. The molecule has 0 aromatic heterocycles. The Morgan fingerprint density at radius 2 is 1.95 bits per heavy atom. The maximum absolute atomic E-state index is 10.5. The summed E-state index contributed by atoms with van der Waals surface area (Å²) in [5, 5.41) is 11.1. The van der Waals surface area contributed by atoms with Crippen molar-refractivity contribution in [1.82, 2.24) is 4.90 Å². The summed E-state index contributed by atoms with van der Waals surface area (Å²) < 4.78 is 10.6. The molecule has 4 nitrogen and oxygen atoms in total. The fourth-order valence-corrected chi connectivity index (χ4v) is 4.00. The lowest BCUT2D eigenvalue weighted by Crippen LogP contribution is -2.58. The van der Waals surface area contributed by atoms with Crippen molar-refractivity contribution in [2.24, 2.45) is 5.92 Å². The predicted octanol–water partition coefficient (Wildman–Crippen LogP) is 2.35. The van der Waals surface area contributed by atoms with Crippen LogP contribution in [0.25, 0.3) is 0 Å². The summed E-state index contributed by atoms with van der Waals surface area (Å²) in [6.07, 6.45) is 2.71. The lowest BCUT2D eigenvalue weighted by atomic mass is 9.78. The number of aliphatic hydroxyl groups is 1. The number of benzene rings is 1. The normalized spacial score (nSPS) is 31.2. The minimum atomic E-state index is -0.253. The summed E-state index contributed by atoms with van der Waals surface area (Å²) in [6.45, 7) is 2.16. The van der Waals surface area contributed by atoms with Crippen LogP contribution in [0, 0.1) is 5.92 Å². The van der Waals surface area contributed by atoms with Gasteiger partial charge in [0.1, 0.15) is 0 Å². The van der Waals surface area contributed by atoms with Gasteiger partial charge in [-0.05, 0) is 49.9 Å². The summed E-state index contributed by atoms with van der Waals surface area (Å²) in [5.74, 6) is 1.65. The van der Waals surface area contributed by atoms with Crippen molar-refractivity contribution in [2.45, 2.75) is 31.4 Å². The molecule has 3 fully saturated rings. The Labute approximate surface area is 130 Å². The Morgan fingerprint density at radius 1 is 1.24 bits per heavy atom. The van der Waals surface area contributed by atoms with E-state index in [0.717, 1.165) is 37.9 Å². The average Bonchev–Trinajstić information content (AvgIpc) is 2.52. The van der Waals surface area contributed by atoms with E-state index in [1.54, 1.807) is 14.2 Å². The molecule has 1 aromatic carbocycles. The molecule has 2 unspecified atom stereocenters. The second-order valence-corrected chi connectivity index (χ2v) is 6.29. The number of hydrogen-bond donors (Lipinski definition) is 1. The molecule has 3 heterocycles. The summed E-state index contributed by atoms with van der Waals surface area (Å²) in [6, 6.07) is 4.01. The Hall–Kier alpha value is -0.970. The molecule has 1 N–H and O–H groups in total. The van der Waals surface area contributed by atoms with Crippen LogP contribution in [-0.2, 0) is 6.42 Å². The zero-order valence-corrected chi connectivity index (χ0v) is 13.3. The molecule has 0 radical (unpaired) electrons. The van der Waals surface area contributed by atoms with Crippen LogP contribution in [-0.4, -0.2) is 49.5 Å². The first-order chi connectivity index (χ1) is 10.2. The summed E-state index contributed by atoms with van der Waals surface area (Å²) >= 11 is 6.46. The Bertz CT molecular complexity index is 512. The highest BCUT2D eigenvalue weighted by molar-refractivity contribution is 6.33. The van der Waals surface area contributed by atoms with Crippen molar-refractivity contribution in [3.05, 3.63) is 22.7 Å². The molecular weight excluding hydrogens is 290 g/mol. The number of rotatable bonds is 4. The third-order valence-electron chi connectivity index (χ3n) is 4.91. The van der Waals surface area contributed by atoms with E-state index in [0.29, 0.717) is 22.4 Å². The van der Waals surface area contributed by atoms with Crippen LogP contribution < -0.4 is 9.47 Å². The highest BCUT2D eigenvalue weighted by atomic mass is 35.5. The van der Waals surface area contributed by atoms with E-state index < -0.39 is 0 Å². The maximum Gasteiger partial charge on any atom is 0.179 e. The fraction of sp³-hybridized carbons (Fsp3) is 0.625. The average molecular weight is 312 g/mol. The summed E-state index contributed by atoms with van der Waals surface area (Å²) in [4.78, 5) is 2.39. The molecule has 3 saturated heterocycles. The highest BCUT2D eigenvalue weighted by Crippen LogP contribution is 2.40. The van der Waals surface area contributed by atoms with Crippen molar-refractivity contribution in [3.8, 4) is 11.5 Å². The van der Waals surface area contributed by atoms with E-state index in [2.05, 4.69) is 4.90 Å². The van der Waals surface area contributed by atoms with Gasteiger partial charge in [-0.15, -0.1) is 0 Å². The Morgan fingerprint density at radius 3 is 2.52 bits per heavy atom. The van der Waals surface area contributed by atoms with E-state index in [1.165, 1.54) is 0 Å². The van der Waals surface area contributed by atoms with Crippen LogP contribution in [0.1, 0.15) is 18.4 Å². The molecule has 4 rings (SSSR count). The number of nitrogens with zero attached hydrogens (tertiary/aromatic N) is 1. The molecule has 2 bridgehead atoms. The first kappa shape index (κ1) is 14.9. The summed E-state index contributed by atoms with van der Waals surface area (Å²) in [5.41, 5.74) is 1.01. The van der Waals surface area contributed by atoms with Gasteiger partial charge in [0, 0.05) is 6.04 Å². The quantitative estimate of drug-likeness (QED) is 0.927. The number of aliphatic hydroxyl groups excluding tert-OH is 1. The largest absolute Gasteiger partial charge is 0.493 e. The maximum atomic E-state index is 10.5. The van der Waals surface area contributed by atoms with Crippen LogP contribution in [0.15, 0.2) is 12.1 Å². The van der Waals surface area contributed by atoms with Gasteiger partial charge in [0.25, 0.3) is 0 Å². The molecule has 5 heteroatoms. The molecule has 1 aromatic rings. The minimum Gasteiger partial charge on any atom is -0.493 e. The van der Waals surface area contributed by atoms with Gasteiger partial charge < -0.3 is 14.6 Å². The molecule has 3 aliphatic heterocycles. The lowest BCUT2D eigenvalue weighted by molar-refractivity contribution is -0.0715. The predicted molar refractivity (Wildman–Crippen MR) is 82.4 cm³/mol. The fourth-order valence-electron chi connectivity index (χ4n) is 3.69. The number of methoxy groups -OCH3 is 2. The smallest absolute Gasteiger partial charge is 0.179 e. The first-order valence-corrected chi connectivity index (χ1v) is 7.85. The first-order valence-electron chi connectivity index (χ1n) is 7.47. The van der Waals surface area contributed by atoms with Crippen LogP contribution in [0.3, 0.4) is 0 Å². The van der Waals surface area contributed by atoms with Gasteiger partial charge in [0.2, 0.25) is 0 Å². The van der Waals surface area contributed by atoms with Gasteiger partial charge in [0.05, 0.1) is 25.3 Å². The molecule has 0 saturated carbocycles. The third-order valence-corrected chi connectivity index (χ3v) is 5.33. The molecule has 116 valence electrons. The second-order valence-electron chi connectivity index (χ2n) is 5.91. The summed E-state index contributed by atoms with van der Waals surface area (Å²) in [7, 11) is 3.19. The van der Waals surface area contributed by atoms with E-state index in [9.17, 15) is 5.11 Å². The molecular formula is C16H22ClNO3. The van der Waals surface area contributed by atoms with Gasteiger partial charge in [-0.3, -0.25) is 4.90 Å². The van der Waals surface area contributed by atoms with Gasteiger partial charge in [-0.1, -0.05) is 17.7 Å². The van der Waals surface area contributed by atoms with Crippen molar-refractivity contribution >= 4 is 11.6 Å². The van der Waals surface area contributed by atoms with Crippen LogP contribution in [0.4, 0.5) is 0 Å². The van der Waals surface area contributed by atoms with Gasteiger partial charge in [0.15, 0.2) is 11.5 Å². The minimum absolute atomic E-state index is 0.160. The standard InChI is InChI=1S/C16H22ClNO3/c1-20-13-4-3-11(14(17)16(13)21-2)9-12-15(19)10-5-7-18(12)8-6-10/h3-4,10,12,15,19H,5-9H2,1-2H3. The van der Waals surface area contributed by atoms with Crippen molar-refractivity contribution in [3.63, 3.8) is 0 Å². The number of fused-ring (bicyclic) bond motifs is 3. The Balaban J connectivity index is 1.85. The molecule has 2 atom stereocenters. The number of piperidine rings is 3. The van der Waals surface area contributed by atoms with Crippen LogP contribution >= 0.6 is 11.6 Å². The number of halogens is 1. The Kier molecular flexibility index (Phi) is 4.29. The van der Waals surface area contributed by atoms with Gasteiger partial charge in [-0.25, -0.2) is 0 Å². The van der Waals surface area contributed by atoms with Gasteiger partial charge >= 0.3 is 0 Å². The third kappa shape index (κ3) is 2.60. The number of ether oxygens (including phenoxy) is 2. The lowest BCUT2D eigenvalue weighted by Gasteiger charge is -2.49. The van der Waals surface area contributed by atoms with E-state index in [4.69, 9.17) is 21.1 Å². The molecule has 0 amide bonds. The SMILES string of the molecule is COc1ccc(CC2C(O)C3CCN2CC3)c(Cl)c1OC. The molecule has 21 heavy (non-hydrogen) atoms. The van der Waals surface area contributed by atoms with E-state index in [1.807, 2.05) is 12.1 Å². The van der Waals surface area contributed by atoms with E-state index >= 15 is 0 Å². The monoisotopic (exact) mass is 311 g/mol. The van der Waals surface area contributed by atoms with Crippen molar-refractivity contribution in [2.75, 3.05) is 27.3 Å². The molecule has 0 spiro atoms. The van der Waals surface area contributed by atoms with Gasteiger partial charge in [-0.2, -0.15) is 0 Å². The van der Waals surface area contributed by atoms with Crippen molar-refractivity contribution in [1.29, 1.82) is 0 Å². The topological polar surface area (TPSA) is 41.9 Å². The van der Waals surface area contributed by atoms with Crippen LogP contribution in [0.5, 0.6) is 11.5 Å². The van der Waals surface area contributed by atoms with E-state index in [-0.39, 0.29) is 12.1 Å². The van der Waals surface area contributed by atoms with Crippen LogP contribution in [0.2, 0.25) is 5.02 Å². The second kappa shape index (κ2) is 6.03.